The summed E-state index contributed by atoms with van der Waals surface area (Å²) in [6, 6.07) is 8.72. The molecule has 3 aromatic rings. The van der Waals surface area contributed by atoms with Gasteiger partial charge in [0.1, 0.15) is 5.82 Å². The molecule has 0 bridgehead atoms. The van der Waals surface area contributed by atoms with Crippen molar-refractivity contribution in [1.29, 1.82) is 0 Å². The Morgan fingerprint density at radius 1 is 1.00 bits per heavy atom. The molecule has 9 heteroatoms. The second-order valence-electron chi connectivity index (χ2n) is 9.63. The Morgan fingerprint density at radius 2 is 1.74 bits per heavy atom. The summed E-state index contributed by atoms with van der Waals surface area (Å²) in [7, 11) is 4.14. The number of anilines is 3. The molecule has 1 saturated carbocycles. The molecular formula is C26H33N7OS. The van der Waals surface area contributed by atoms with Gasteiger partial charge in [-0.05, 0) is 87.8 Å². The molecule has 2 heterocycles. The Kier molecular flexibility index (Phi) is 7.13. The molecular weight excluding hydrogens is 458 g/mol. The summed E-state index contributed by atoms with van der Waals surface area (Å²) in [6.07, 6.45) is 11.9. The van der Waals surface area contributed by atoms with Crippen LogP contribution in [0.25, 0.3) is 11.3 Å². The lowest BCUT2D eigenvalue weighted by Gasteiger charge is -2.31. The van der Waals surface area contributed by atoms with E-state index in [2.05, 4.69) is 39.9 Å². The fraction of sp³-hybridized carbons (Fsp3) is 0.462. The Bertz CT molecular complexity index is 1140. The third-order valence-corrected chi connectivity index (χ3v) is 7.06. The van der Waals surface area contributed by atoms with Crippen LogP contribution in [0.2, 0.25) is 0 Å². The molecule has 2 aliphatic rings. The van der Waals surface area contributed by atoms with E-state index >= 15 is 0 Å². The SMILES string of the molecule is CN(C)c1nc(N[C@H]2CC[C@@H](NC(=S)Nc3ccc(-c4cnco4)cc3)CC2)nc2c1CCCC2. The number of oxazole rings is 1. The monoisotopic (exact) mass is 491 g/mol. The van der Waals surface area contributed by atoms with Crippen molar-refractivity contribution in [3.63, 3.8) is 0 Å². The van der Waals surface area contributed by atoms with Crippen LogP contribution in [0, 0.1) is 0 Å². The van der Waals surface area contributed by atoms with E-state index in [9.17, 15) is 0 Å². The largest absolute Gasteiger partial charge is 0.444 e. The highest BCUT2D eigenvalue weighted by Gasteiger charge is 2.24. The number of benzene rings is 1. The van der Waals surface area contributed by atoms with Crippen LogP contribution < -0.4 is 20.9 Å². The lowest BCUT2D eigenvalue weighted by atomic mass is 9.91. The number of thiocarbonyl (C=S) groups is 1. The molecule has 5 rings (SSSR count). The van der Waals surface area contributed by atoms with Crippen molar-refractivity contribution in [2.24, 2.45) is 0 Å². The first-order chi connectivity index (χ1) is 17.0. The molecule has 0 unspecified atom stereocenters. The van der Waals surface area contributed by atoms with Gasteiger partial charge in [-0.15, -0.1) is 0 Å². The Labute approximate surface area is 211 Å². The van der Waals surface area contributed by atoms with E-state index in [1.54, 1.807) is 6.20 Å². The van der Waals surface area contributed by atoms with Crippen LogP contribution in [0.15, 0.2) is 41.3 Å². The average molecular weight is 492 g/mol. The normalized spacial score (nSPS) is 19.5. The molecule has 0 atom stereocenters. The maximum Gasteiger partial charge on any atom is 0.225 e. The summed E-state index contributed by atoms with van der Waals surface area (Å²) in [6.45, 7) is 0. The second-order valence-corrected chi connectivity index (χ2v) is 10.0. The van der Waals surface area contributed by atoms with Gasteiger partial charge in [-0.1, -0.05) is 0 Å². The quantitative estimate of drug-likeness (QED) is 0.421. The average Bonchev–Trinajstić information content (AvgIpc) is 3.40. The number of rotatable bonds is 6. The molecule has 0 saturated heterocycles. The van der Waals surface area contributed by atoms with E-state index in [1.807, 2.05) is 24.3 Å². The highest BCUT2D eigenvalue weighted by atomic mass is 32.1. The number of hydrogen-bond acceptors (Lipinski definition) is 7. The van der Waals surface area contributed by atoms with Gasteiger partial charge in [-0.2, -0.15) is 4.98 Å². The van der Waals surface area contributed by atoms with Crippen LogP contribution in [0.4, 0.5) is 17.5 Å². The van der Waals surface area contributed by atoms with Crippen LogP contribution in [0.5, 0.6) is 0 Å². The summed E-state index contributed by atoms with van der Waals surface area (Å²) >= 11 is 5.57. The number of fused-ring (bicyclic) bond motifs is 1. The maximum atomic E-state index is 5.57. The third kappa shape index (κ3) is 5.73. The second kappa shape index (κ2) is 10.6. The van der Waals surface area contributed by atoms with Crippen molar-refractivity contribution in [1.82, 2.24) is 20.3 Å². The Morgan fingerprint density at radius 3 is 2.46 bits per heavy atom. The zero-order valence-corrected chi connectivity index (χ0v) is 21.2. The summed E-state index contributed by atoms with van der Waals surface area (Å²) in [4.78, 5) is 15.8. The first-order valence-electron chi connectivity index (χ1n) is 12.5. The number of nitrogens with one attached hydrogen (secondary N) is 3. The summed E-state index contributed by atoms with van der Waals surface area (Å²) in [5.74, 6) is 2.59. The molecule has 1 fully saturated rings. The van der Waals surface area contributed by atoms with E-state index in [0.29, 0.717) is 17.2 Å². The van der Waals surface area contributed by atoms with Gasteiger partial charge in [-0.3, -0.25) is 0 Å². The fourth-order valence-corrected chi connectivity index (χ4v) is 5.29. The smallest absolute Gasteiger partial charge is 0.225 e. The van der Waals surface area contributed by atoms with Crippen molar-refractivity contribution in [2.45, 2.75) is 63.5 Å². The van der Waals surface area contributed by atoms with Crippen LogP contribution >= 0.6 is 12.2 Å². The maximum absolute atomic E-state index is 5.57. The van der Waals surface area contributed by atoms with Crippen LogP contribution in [0.3, 0.4) is 0 Å². The minimum atomic E-state index is 0.364. The minimum absolute atomic E-state index is 0.364. The van der Waals surface area contributed by atoms with Crippen LogP contribution in [-0.4, -0.2) is 46.2 Å². The van der Waals surface area contributed by atoms with Crippen molar-refractivity contribution >= 4 is 34.8 Å². The summed E-state index contributed by atoms with van der Waals surface area (Å²) in [5.41, 5.74) is 4.48. The number of nitrogens with zero attached hydrogens (tertiary/aromatic N) is 4. The first-order valence-corrected chi connectivity index (χ1v) is 12.9. The number of hydrogen-bond donors (Lipinski definition) is 3. The van der Waals surface area contributed by atoms with Gasteiger partial charge >= 0.3 is 0 Å². The van der Waals surface area contributed by atoms with Gasteiger partial charge in [0.2, 0.25) is 5.95 Å². The topological polar surface area (TPSA) is 91.1 Å². The van der Waals surface area contributed by atoms with E-state index in [-0.39, 0.29) is 0 Å². The van der Waals surface area contributed by atoms with Crippen molar-refractivity contribution in [3.05, 3.63) is 48.1 Å². The van der Waals surface area contributed by atoms with Gasteiger partial charge in [-0.25, -0.2) is 9.97 Å². The highest BCUT2D eigenvalue weighted by molar-refractivity contribution is 7.80. The van der Waals surface area contributed by atoms with Crippen LogP contribution in [-0.2, 0) is 12.8 Å². The van der Waals surface area contributed by atoms with E-state index < -0.39 is 0 Å². The molecule has 0 radical (unpaired) electrons. The van der Waals surface area contributed by atoms with Gasteiger partial charge < -0.3 is 25.3 Å². The number of aromatic nitrogens is 3. The van der Waals surface area contributed by atoms with E-state index in [4.69, 9.17) is 26.6 Å². The highest BCUT2D eigenvalue weighted by Crippen LogP contribution is 2.29. The Hall–Kier alpha value is -3.20. The lowest BCUT2D eigenvalue weighted by Crippen LogP contribution is -2.42. The molecule has 3 N–H and O–H groups in total. The minimum Gasteiger partial charge on any atom is -0.444 e. The molecule has 2 aromatic heterocycles. The molecule has 8 nitrogen and oxygen atoms in total. The van der Waals surface area contributed by atoms with Crippen molar-refractivity contribution < 1.29 is 4.42 Å². The zero-order chi connectivity index (χ0) is 24.2. The standard InChI is InChI=1S/C26H33N7OS/c1-33(2)24-21-5-3-4-6-22(21)31-25(32-24)28-18-11-13-20(14-12-18)30-26(35)29-19-9-7-17(8-10-19)23-15-27-16-34-23/h7-10,15-16,18,20H,3-6,11-14H2,1-2H3,(H,28,31,32)(H2,29,30,35)/t18-,20+. The molecule has 2 aliphatic carbocycles. The predicted octanol–water partition coefficient (Wildman–Crippen LogP) is 4.79. The first kappa shape index (κ1) is 23.5. The fourth-order valence-electron chi connectivity index (χ4n) is 5.00. The molecule has 1 aromatic carbocycles. The van der Waals surface area contributed by atoms with Gasteiger partial charge in [0.05, 0.1) is 11.9 Å². The molecule has 0 aliphatic heterocycles. The number of aryl methyl sites for hydroxylation is 1. The van der Waals surface area contributed by atoms with Gasteiger partial charge in [0.15, 0.2) is 17.3 Å². The zero-order valence-electron chi connectivity index (χ0n) is 20.4. The van der Waals surface area contributed by atoms with Gasteiger partial charge in [0, 0.05) is 43.0 Å². The molecule has 35 heavy (non-hydrogen) atoms. The lowest BCUT2D eigenvalue weighted by molar-refractivity contribution is 0.387. The van der Waals surface area contributed by atoms with Gasteiger partial charge in [0.25, 0.3) is 0 Å². The van der Waals surface area contributed by atoms with E-state index in [0.717, 1.165) is 67.3 Å². The van der Waals surface area contributed by atoms with E-state index in [1.165, 1.54) is 30.5 Å². The van der Waals surface area contributed by atoms with Crippen molar-refractivity contribution in [3.8, 4) is 11.3 Å². The summed E-state index contributed by atoms with van der Waals surface area (Å²) < 4.78 is 5.34. The van der Waals surface area contributed by atoms with Crippen molar-refractivity contribution in [2.75, 3.05) is 29.6 Å². The Balaban J connectivity index is 1.11. The molecule has 0 amide bonds. The molecule has 184 valence electrons. The van der Waals surface area contributed by atoms with Crippen LogP contribution in [0.1, 0.15) is 49.8 Å². The predicted molar refractivity (Wildman–Crippen MR) is 144 cm³/mol. The molecule has 0 spiro atoms. The summed E-state index contributed by atoms with van der Waals surface area (Å²) in [5, 5.41) is 11.1. The third-order valence-electron chi connectivity index (χ3n) is 6.84.